The minimum atomic E-state index is -4.66. The fourth-order valence-corrected chi connectivity index (χ4v) is 3.30. The summed E-state index contributed by atoms with van der Waals surface area (Å²) in [6.07, 6.45) is -3.02. The minimum Gasteiger partial charge on any atom is -0.481 e. The number of hydrogen-bond acceptors (Lipinski definition) is 2. The molecule has 25 heavy (non-hydrogen) atoms. The van der Waals surface area contributed by atoms with Crippen molar-refractivity contribution in [3.05, 3.63) is 35.5 Å². The van der Waals surface area contributed by atoms with Gasteiger partial charge in [-0.2, -0.15) is 13.2 Å². The van der Waals surface area contributed by atoms with E-state index in [9.17, 15) is 22.8 Å². The van der Waals surface area contributed by atoms with Crippen LogP contribution in [0.3, 0.4) is 0 Å². The maximum atomic E-state index is 13.0. The van der Waals surface area contributed by atoms with Crippen LogP contribution in [0.25, 0.3) is 10.9 Å². The number of carboxylic acids is 1. The third kappa shape index (κ3) is 3.44. The SMILES string of the molecule is O=C(O)[C@@H]1CN(C(=O)Cn2ccc3ccc(Cl)cc32)C[C@H]1C(F)(F)F. The van der Waals surface area contributed by atoms with E-state index in [1.54, 1.807) is 35.0 Å². The average Bonchev–Trinajstić information content (AvgIpc) is 3.11. The molecule has 0 bridgehead atoms. The number of amides is 1. The van der Waals surface area contributed by atoms with E-state index in [4.69, 9.17) is 16.7 Å². The number of fused-ring (bicyclic) bond motifs is 1. The highest BCUT2D eigenvalue weighted by molar-refractivity contribution is 6.31. The van der Waals surface area contributed by atoms with Gasteiger partial charge in [-0.3, -0.25) is 9.59 Å². The van der Waals surface area contributed by atoms with Crippen molar-refractivity contribution in [3.63, 3.8) is 0 Å². The molecule has 0 saturated carbocycles. The molecule has 0 radical (unpaired) electrons. The molecular weight excluding hydrogens is 361 g/mol. The highest BCUT2D eigenvalue weighted by Crippen LogP contribution is 2.37. The summed E-state index contributed by atoms with van der Waals surface area (Å²) in [5.41, 5.74) is 0.683. The van der Waals surface area contributed by atoms with Crippen molar-refractivity contribution in [1.82, 2.24) is 9.47 Å². The molecule has 1 aromatic heterocycles. The molecular formula is C16H14ClF3N2O3. The lowest BCUT2D eigenvalue weighted by Gasteiger charge is -2.18. The number of halogens is 4. The number of hydrogen-bond donors (Lipinski definition) is 1. The number of aromatic nitrogens is 1. The van der Waals surface area contributed by atoms with Crippen LogP contribution in [0, 0.1) is 11.8 Å². The van der Waals surface area contributed by atoms with E-state index >= 15 is 0 Å². The number of benzene rings is 1. The smallest absolute Gasteiger partial charge is 0.394 e. The molecule has 0 spiro atoms. The lowest BCUT2D eigenvalue weighted by atomic mass is 9.96. The number of alkyl halides is 3. The standard InChI is InChI=1S/C16H14ClF3N2O3/c17-10-2-1-9-3-4-21(13(9)5-10)8-14(23)22-6-11(15(24)25)12(7-22)16(18,19)20/h1-5,11-12H,6-8H2,(H,24,25)/t11-,12-/m1/s1. The largest absolute Gasteiger partial charge is 0.481 e. The maximum absolute atomic E-state index is 13.0. The van der Waals surface area contributed by atoms with Crippen LogP contribution in [0.1, 0.15) is 0 Å². The molecule has 2 aromatic rings. The van der Waals surface area contributed by atoms with E-state index in [-0.39, 0.29) is 6.54 Å². The van der Waals surface area contributed by atoms with Crippen LogP contribution < -0.4 is 0 Å². The van der Waals surface area contributed by atoms with Crippen molar-refractivity contribution in [1.29, 1.82) is 0 Å². The third-order valence-electron chi connectivity index (χ3n) is 4.45. The number of aliphatic carboxylic acids is 1. The van der Waals surface area contributed by atoms with Crippen LogP contribution in [0.4, 0.5) is 13.2 Å². The number of carbonyl (C=O) groups excluding carboxylic acids is 1. The van der Waals surface area contributed by atoms with E-state index in [1.165, 1.54) is 0 Å². The second-order valence-electron chi connectivity index (χ2n) is 6.04. The summed E-state index contributed by atoms with van der Waals surface area (Å²) in [6.45, 7) is -1.27. The Morgan fingerprint density at radius 1 is 1.24 bits per heavy atom. The average molecular weight is 375 g/mol. The summed E-state index contributed by atoms with van der Waals surface area (Å²) >= 11 is 5.94. The molecule has 3 rings (SSSR count). The summed E-state index contributed by atoms with van der Waals surface area (Å²) < 4.78 is 40.6. The van der Waals surface area contributed by atoms with Crippen LogP contribution in [0.2, 0.25) is 5.02 Å². The first kappa shape index (κ1) is 17.6. The van der Waals surface area contributed by atoms with E-state index in [1.807, 2.05) is 0 Å². The van der Waals surface area contributed by atoms with Crippen LogP contribution in [0.5, 0.6) is 0 Å². The monoisotopic (exact) mass is 374 g/mol. The van der Waals surface area contributed by atoms with Crippen LogP contribution in [-0.4, -0.2) is 45.7 Å². The van der Waals surface area contributed by atoms with Crippen molar-refractivity contribution in [2.24, 2.45) is 11.8 Å². The van der Waals surface area contributed by atoms with E-state index in [2.05, 4.69) is 0 Å². The molecule has 1 N–H and O–H groups in total. The first-order valence-corrected chi connectivity index (χ1v) is 7.86. The van der Waals surface area contributed by atoms with Gasteiger partial charge in [0.15, 0.2) is 0 Å². The van der Waals surface area contributed by atoms with Crippen molar-refractivity contribution in [2.75, 3.05) is 13.1 Å². The van der Waals surface area contributed by atoms with Gasteiger partial charge in [-0.15, -0.1) is 0 Å². The third-order valence-corrected chi connectivity index (χ3v) is 4.69. The van der Waals surface area contributed by atoms with Gasteiger partial charge < -0.3 is 14.6 Å². The Kier molecular flexibility index (Phi) is 4.40. The zero-order valence-corrected chi connectivity index (χ0v) is 13.6. The molecule has 1 fully saturated rings. The molecule has 9 heteroatoms. The van der Waals surface area contributed by atoms with E-state index < -0.39 is 43.0 Å². The second kappa shape index (κ2) is 6.25. The van der Waals surface area contributed by atoms with Crippen LogP contribution in [0.15, 0.2) is 30.5 Å². The number of carboxylic acid groups (broad SMARTS) is 1. The van der Waals surface area contributed by atoms with Crippen LogP contribution in [-0.2, 0) is 16.1 Å². The predicted molar refractivity (Wildman–Crippen MR) is 84.2 cm³/mol. The van der Waals surface area contributed by atoms with Crippen molar-refractivity contribution < 1.29 is 27.9 Å². The zero-order chi connectivity index (χ0) is 18.4. The summed E-state index contributed by atoms with van der Waals surface area (Å²) in [7, 11) is 0. The van der Waals surface area contributed by atoms with Gasteiger partial charge in [0.2, 0.25) is 5.91 Å². The van der Waals surface area contributed by atoms with Crippen LogP contribution >= 0.6 is 11.6 Å². The first-order valence-electron chi connectivity index (χ1n) is 7.48. The topological polar surface area (TPSA) is 62.5 Å². The predicted octanol–water partition coefficient (Wildman–Crippen LogP) is 3.02. The molecule has 1 aromatic carbocycles. The molecule has 5 nitrogen and oxygen atoms in total. The molecule has 2 heterocycles. The quantitative estimate of drug-likeness (QED) is 0.898. The summed E-state index contributed by atoms with van der Waals surface area (Å²) in [5, 5.41) is 10.3. The van der Waals surface area contributed by atoms with Gasteiger partial charge in [0, 0.05) is 29.8 Å². The van der Waals surface area contributed by atoms with Gasteiger partial charge in [0.25, 0.3) is 0 Å². The Hall–Kier alpha value is -2.22. The molecule has 1 amide bonds. The molecule has 0 unspecified atom stereocenters. The Labute approximate surface area is 145 Å². The van der Waals surface area contributed by atoms with Crippen molar-refractivity contribution in [2.45, 2.75) is 12.7 Å². The van der Waals surface area contributed by atoms with Gasteiger partial charge in [-0.05, 0) is 23.6 Å². The molecule has 1 aliphatic heterocycles. The van der Waals surface area contributed by atoms with E-state index in [0.717, 1.165) is 10.3 Å². The molecule has 1 saturated heterocycles. The van der Waals surface area contributed by atoms with Crippen molar-refractivity contribution >= 4 is 34.4 Å². The Morgan fingerprint density at radius 2 is 1.96 bits per heavy atom. The number of nitrogens with zero attached hydrogens (tertiary/aromatic N) is 2. The summed E-state index contributed by atoms with van der Waals surface area (Å²) in [4.78, 5) is 24.5. The summed E-state index contributed by atoms with van der Waals surface area (Å²) in [6, 6.07) is 6.89. The Bertz CT molecular complexity index is 834. The lowest BCUT2D eigenvalue weighted by Crippen LogP contribution is -2.34. The highest BCUT2D eigenvalue weighted by atomic mass is 35.5. The number of carbonyl (C=O) groups is 2. The summed E-state index contributed by atoms with van der Waals surface area (Å²) in [5.74, 6) is -5.80. The number of likely N-dealkylation sites (tertiary alicyclic amines) is 1. The first-order chi connectivity index (χ1) is 11.7. The maximum Gasteiger partial charge on any atom is 0.394 e. The zero-order valence-electron chi connectivity index (χ0n) is 12.8. The van der Waals surface area contributed by atoms with Crippen molar-refractivity contribution in [3.8, 4) is 0 Å². The lowest BCUT2D eigenvalue weighted by molar-refractivity contribution is -0.188. The Morgan fingerprint density at radius 3 is 2.56 bits per heavy atom. The van der Waals surface area contributed by atoms with Gasteiger partial charge in [0.05, 0.1) is 11.8 Å². The molecule has 1 aliphatic rings. The molecule has 134 valence electrons. The van der Waals surface area contributed by atoms with Gasteiger partial charge in [-0.25, -0.2) is 0 Å². The van der Waals surface area contributed by atoms with Gasteiger partial charge in [-0.1, -0.05) is 17.7 Å². The second-order valence-corrected chi connectivity index (χ2v) is 6.47. The molecule has 0 aliphatic carbocycles. The Balaban J connectivity index is 1.79. The fourth-order valence-electron chi connectivity index (χ4n) is 3.13. The van der Waals surface area contributed by atoms with Gasteiger partial charge in [0.1, 0.15) is 6.54 Å². The highest BCUT2D eigenvalue weighted by Gasteiger charge is 2.53. The van der Waals surface area contributed by atoms with Gasteiger partial charge >= 0.3 is 12.1 Å². The number of rotatable bonds is 3. The normalized spacial score (nSPS) is 21.0. The minimum absolute atomic E-state index is 0.180. The molecule has 2 atom stereocenters. The fraction of sp³-hybridized carbons (Fsp3) is 0.375. The van der Waals surface area contributed by atoms with E-state index in [0.29, 0.717) is 10.5 Å².